The van der Waals surface area contributed by atoms with Crippen molar-refractivity contribution in [2.45, 2.75) is 128 Å². The van der Waals surface area contributed by atoms with E-state index < -0.39 is 24.4 Å². The Labute approximate surface area is 183 Å². The lowest BCUT2D eigenvalue weighted by molar-refractivity contribution is -0.0663. The fourth-order valence-corrected chi connectivity index (χ4v) is 3.99. The zero-order valence-corrected chi connectivity index (χ0v) is 19.2. The fraction of sp³-hybridized carbons (Fsp3) is 0.957. The molecule has 4 atom stereocenters. The second-order valence-electron chi connectivity index (χ2n) is 8.45. The van der Waals surface area contributed by atoms with Crippen LogP contribution in [0, 0.1) is 0 Å². The number of hydrogen-bond donors (Lipinski definition) is 3. The normalized spacial score (nSPS) is 22.7. The lowest BCUT2D eigenvalue weighted by atomic mass is 10.0. The maximum atomic E-state index is 10.00. The number of ether oxygens (including phenoxy) is 2. The Morgan fingerprint density at radius 3 is 1.83 bits per heavy atom. The number of hydrogen-bond acceptors (Lipinski definition) is 6. The Morgan fingerprint density at radius 2 is 1.38 bits per heavy atom. The molecule has 6 heteroatoms. The van der Waals surface area contributed by atoms with E-state index >= 15 is 0 Å². The van der Waals surface area contributed by atoms with Crippen LogP contribution in [-0.2, 0) is 9.47 Å². The van der Waals surface area contributed by atoms with Crippen LogP contribution < -0.4 is 0 Å². The zero-order valence-electron chi connectivity index (χ0n) is 18.4. The second kappa shape index (κ2) is 17.4. The molecule has 1 aliphatic rings. The minimum absolute atomic E-state index is 0.00805. The third-order valence-corrected chi connectivity index (χ3v) is 6.04. The van der Waals surface area contributed by atoms with Gasteiger partial charge in [0.2, 0.25) is 0 Å². The van der Waals surface area contributed by atoms with Crippen LogP contribution in [0.3, 0.4) is 0 Å². The van der Waals surface area contributed by atoms with E-state index in [1.165, 1.54) is 77.0 Å². The van der Waals surface area contributed by atoms with E-state index in [-0.39, 0.29) is 13.2 Å². The molecular formula is C23H44O5S. The molecule has 0 spiro atoms. The highest BCUT2D eigenvalue weighted by Gasteiger charge is 2.39. The average molecular weight is 433 g/mol. The summed E-state index contributed by atoms with van der Waals surface area (Å²) in [6.45, 7) is 2.29. The zero-order chi connectivity index (χ0) is 21.3. The summed E-state index contributed by atoms with van der Waals surface area (Å²) in [5.41, 5.74) is 0. The molecule has 0 aliphatic carbocycles. The van der Waals surface area contributed by atoms with Gasteiger partial charge in [-0.3, -0.25) is 0 Å². The first-order valence-electron chi connectivity index (χ1n) is 11.9. The molecule has 0 bridgehead atoms. The van der Waals surface area contributed by atoms with Crippen molar-refractivity contribution < 1.29 is 24.8 Å². The monoisotopic (exact) mass is 432 g/mol. The Bertz CT molecular complexity index is 407. The van der Waals surface area contributed by atoms with Gasteiger partial charge in [0.15, 0.2) is 5.05 Å². The molecule has 1 heterocycles. The third-order valence-electron chi connectivity index (χ3n) is 5.72. The third kappa shape index (κ3) is 12.9. The maximum absolute atomic E-state index is 10.00. The number of thiocarbonyl (C=S) groups is 1. The summed E-state index contributed by atoms with van der Waals surface area (Å²) >= 11 is 5.21. The van der Waals surface area contributed by atoms with Crippen LogP contribution in [0.5, 0.6) is 0 Å². The Kier molecular flexibility index (Phi) is 16.1. The molecule has 0 unspecified atom stereocenters. The quantitative estimate of drug-likeness (QED) is 0.215. The molecule has 3 N–H and O–H groups in total. The first-order valence-corrected chi connectivity index (χ1v) is 12.3. The van der Waals surface area contributed by atoms with Gasteiger partial charge in [-0.05, 0) is 18.6 Å². The first kappa shape index (κ1) is 26.8. The largest absolute Gasteiger partial charge is 0.484 e. The van der Waals surface area contributed by atoms with Gasteiger partial charge in [-0.2, -0.15) is 0 Å². The molecule has 1 fully saturated rings. The van der Waals surface area contributed by atoms with Crippen LogP contribution >= 0.6 is 12.2 Å². The predicted octanol–water partition coefficient (Wildman–Crippen LogP) is 4.68. The van der Waals surface area contributed by atoms with Gasteiger partial charge in [-0.15, -0.1) is 0 Å². The molecule has 0 amide bonds. The van der Waals surface area contributed by atoms with Crippen molar-refractivity contribution in [2.75, 3.05) is 13.2 Å². The molecule has 0 aromatic rings. The van der Waals surface area contributed by atoms with Gasteiger partial charge >= 0.3 is 0 Å². The van der Waals surface area contributed by atoms with Crippen molar-refractivity contribution in [3.63, 3.8) is 0 Å². The molecule has 0 aromatic carbocycles. The SMILES string of the molecule is CCCCCCCCCCCCCCCCC(=S)OC[C@H](O)[C@H]1OC[C@@H](O)[C@H]1O. The molecule has 0 radical (unpaired) electrons. The van der Waals surface area contributed by atoms with Crippen molar-refractivity contribution in [2.24, 2.45) is 0 Å². The van der Waals surface area contributed by atoms with Crippen LogP contribution in [0.25, 0.3) is 0 Å². The fourth-order valence-electron chi connectivity index (χ4n) is 3.77. The molecule has 0 saturated carbocycles. The van der Waals surface area contributed by atoms with E-state index in [0.717, 1.165) is 19.3 Å². The van der Waals surface area contributed by atoms with E-state index in [2.05, 4.69) is 6.92 Å². The number of rotatable bonds is 18. The predicted molar refractivity (Wildman–Crippen MR) is 121 cm³/mol. The number of unbranched alkanes of at least 4 members (excludes halogenated alkanes) is 13. The summed E-state index contributed by atoms with van der Waals surface area (Å²) in [5.74, 6) is 0. The second-order valence-corrected chi connectivity index (χ2v) is 8.91. The van der Waals surface area contributed by atoms with E-state index in [4.69, 9.17) is 21.7 Å². The Balaban J connectivity index is 1.84. The van der Waals surface area contributed by atoms with Crippen LogP contribution in [0.1, 0.15) is 103 Å². The Hall–Kier alpha value is -0.270. The lowest BCUT2D eigenvalue weighted by Gasteiger charge is -2.21. The van der Waals surface area contributed by atoms with Gasteiger partial charge in [-0.25, -0.2) is 0 Å². The van der Waals surface area contributed by atoms with Crippen molar-refractivity contribution in [3.8, 4) is 0 Å². The summed E-state index contributed by atoms with van der Waals surface area (Å²) in [4.78, 5) is 0. The average Bonchev–Trinajstić information content (AvgIpc) is 3.05. The van der Waals surface area contributed by atoms with Crippen LogP contribution in [0.4, 0.5) is 0 Å². The van der Waals surface area contributed by atoms with Gasteiger partial charge in [0.05, 0.1) is 6.61 Å². The highest BCUT2D eigenvalue weighted by atomic mass is 32.1. The standard InChI is InChI=1S/C23H44O5S/c1-2-3-4-5-6-7-8-9-10-11-12-13-14-15-16-21(29)27-18-20(25)23-22(26)19(24)17-28-23/h19-20,22-26H,2-18H2,1H3/t19-,20+,22-,23-/m1/s1. The summed E-state index contributed by atoms with van der Waals surface area (Å²) in [7, 11) is 0. The molecule has 1 rings (SSSR count). The molecule has 172 valence electrons. The summed E-state index contributed by atoms with van der Waals surface area (Å²) in [6, 6.07) is 0. The Morgan fingerprint density at radius 1 is 0.897 bits per heavy atom. The summed E-state index contributed by atoms with van der Waals surface area (Å²) in [5, 5.41) is 29.6. The maximum Gasteiger partial charge on any atom is 0.159 e. The topological polar surface area (TPSA) is 79.2 Å². The van der Waals surface area contributed by atoms with E-state index in [1.807, 2.05) is 0 Å². The highest BCUT2D eigenvalue weighted by Crippen LogP contribution is 2.18. The van der Waals surface area contributed by atoms with Gasteiger partial charge in [0.1, 0.15) is 31.0 Å². The number of aliphatic hydroxyl groups is 3. The first-order chi connectivity index (χ1) is 14.1. The molecule has 1 aliphatic heterocycles. The summed E-state index contributed by atoms with van der Waals surface area (Å²) in [6.07, 6.45) is 15.4. The molecule has 1 saturated heterocycles. The highest BCUT2D eigenvalue weighted by molar-refractivity contribution is 7.80. The van der Waals surface area contributed by atoms with Crippen molar-refractivity contribution in [3.05, 3.63) is 0 Å². The lowest BCUT2D eigenvalue weighted by Crippen LogP contribution is -2.41. The molecule has 29 heavy (non-hydrogen) atoms. The van der Waals surface area contributed by atoms with E-state index in [9.17, 15) is 15.3 Å². The van der Waals surface area contributed by atoms with E-state index in [0.29, 0.717) is 5.05 Å². The smallest absolute Gasteiger partial charge is 0.159 e. The van der Waals surface area contributed by atoms with Gasteiger partial charge in [0, 0.05) is 6.42 Å². The molecular weight excluding hydrogens is 388 g/mol. The minimum atomic E-state index is -1.08. The van der Waals surface area contributed by atoms with Crippen molar-refractivity contribution >= 4 is 17.3 Å². The molecule has 0 aromatic heterocycles. The minimum Gasteiger partial charge on any atom is -0.484 e. The van der Waals surface area contributed by atoms with Gasteiger partial charge < -0.3 is 24.8 Å². The van der Waals surface area contributed by atoms with Crippen molar-refractivity contribution in [1.29, 1.82) is 0 Å². The number of aliphatic hydroxyl groups excluding tert-OH is 3. The van der Waals surface area contributed by atoms with Crippen LogP contribution in [0.15, 0.2) is 0 Å². The van der Waals surface area contributed by atoms with Crippen LogP contribution in [0.2, 0.25) is 0 Å². The van der Waals surface area contributed by atoms with Gasteiger partial charge in [-0.1, -0.05) is 90.4 Å². The van der Waals surface area contributed by atoms with Gasteiger partial charge in [0.25, 0.3) is 0 Å². The van der Waals surface area contributed by atoms with Crippen LogP contribution in [-0.4, -0.2) is 58.0 Å². The van der Waals surface area contributed by atoms with Crippen molar-refractivity contribution in [1.82, 2.24) is 0 Å². The summed E-state index contributed by atoms with van der Waals surface area (Å²) < 4.78 is 10.6. The van der Waals surface area contributed by atoms with E-state index in [1.54, 1.807) is 0 Å². The molecule has 5 nitrogen and oxygen atoms in total.